The Balaban J connectivity index is 1.27. The third kappa shape index (κ3) is 2.17. The molecule has 0 heterocycles. The van der Waals surface area contributed by atoms with Crippen molar-refractivity contribution in [3.8, 4) is 0 Å². The average Bonchev–Trinajstić information content (AvgIpc) is 3.39. The Morgan fingerprint density at radius 1 is 0.633 bits per heavy atom. The average molecular weight is 436 g/mol. The number of fused-ring (bicyclic) bond motifs is 16. The van der Waals surface area contributed by atoms with Crippen LogP contribution in [-0.4, -0.2) is 23.1 Å². The van der Waals surface area contributed by atoms with Gasteiger partial charge in [-0.2, -0.15) is 26.3 Å². The quantitative estimate of drug-likeness (QED) is 0.421. The van der Waals surface area contributed by atoms with Gasteiger partial charge in [-0.25, -0.2) is 0 Å². The number of hydrogen-bond donors (Lipinski definition) is 1. The van der Waals surface area contributed by atoms with Crippen LogP contribution >= 0.6 is 0 Å². The molecule has 30 heavy (non-hydrogen) atoms. The zero-order chi connectivity index (χ0) is 21.5. The van der Waals surface area contributed by atoms with Crippen LogP contribution in [0.1, 0.15) is 46.0 Å². The van der Waals surface area contributed by atoms with Gasteiger partial charge < -0.3 is 5.11 Å². The van der Waals surface area contributed by atoms with Crippen molar-refractivity contribution in [1.82, 2.24) is 0 Å². The standard InChI is InChI=1S/C23H30F6O/c1-8-9(2)13-5-12(8)18-15-6-16(19(13)18)20-14-4-10(17(15)20)3-11(14)7-21(30,22(24,25)26)23(27,28)29/h8-20,30H,3-7H2,1-2H3. The molecule has 0 aliphatic heterocycles. The van der Waals surface area contributed by atoms with Crippen LogP contribution in [0.25, 0.3) is 0 Å². The van der Waals surface area contributed by atoms with Crippen molar-refractivity contribution >= 4 is 0 Å². The van der Waals surface area contributed by atoms with Gasteiger partial charge in [-0.15, -0.1) is 0 Å². The van der Waals surface area contributed by atoms with E-state index in [2.05, 4.69) is 13.8 Å². The molecule has 0 aromatic heterocycles. The van der Waals surface area contributed by atoms with Gasteiger partial charge in [0.05, 0.1) is 0 Å². The van der Waals surface area contributed by atoms with Crippen LogP contribution in [-0.2, 0) is 0 Å². The maximum Gasteiger partial charge on any atom is 0.426 e. The van der Waals surface area contributed by atoms with Crippen LogP contribution < -0.4 is 0 Å². The molecule has 170 valence electrons. The highest BCUT2D eigenvalue weighted by molar-refractivity contribution is 5.21. The normalized spacial score (nSPS) is 56.1. The Labute approximate surface area is 173 Å². The van der Waals surface area contributed by atoms with Crippen LogP contribution in [0.3, 0.4) is 0 Å². The molecule has 7 heteroatoms. The maximum absolute atomic E-state index is 13.3. The summed E-state index contributed by atoms with van der Waals surface area (Å²) < 4.78 is 79.8. The second-order valence-electron chi connectivity index (χ2n) is 11.9. The predicted molar refractivity (Wildman–Crippen MR) is 96.9 cm³/mol. The first-order valence-electron chi connectivity index (χ1n) is 11.7. The van der Waals surface area contributed by atoms with Gasteiger partial charge in [-0.05, 0) is 109 Å². The molecule has 6 bridgehead atoms. The van der Waals surface area contributed by atoms with Crippen LogP contribution in [0.2, 0.25) is 0 Å². The van der Waals surface area contributed by atoms with Crippen molar-refractivity contribution in [3.63, 3.8) is 0 Å². The molecule has 0 spiro atoms. The van der Waals surface area contributed by atoms with Gasteiger partial charge in [-0.1, -0.05) is 13.8 Å². The summed E-state index contributed by atoms with van der Waals surface area (Å²) in [6.45, 7) is 4.71. The molecule has 6 fully saturated rings. The molecule has 0 amide bonds. The summed E-state index contributed by atoms with van der Waals surface area (Å²) >= 11 is 0. The summed E-state index contributed by atoms with van der Waals surface area (Å²) in [6.07, 6.45) is -8.95. The highest BCUT2D eigenvalue weighted by atomic mass is 19.4. The van der Waals surface area contributed by atoms with E-state index in [9.17, 15) is 31.4 Å². The lowest BCUT2D eigenvalue weighted by atomic mass is 9.55. The Kier molecular flexibility index (Phi) is 3.84. The van der Waals surface area contributed by atoms with E-state index < -0.39 is 30.3 Å². The number of halogens is 6. The largest absolute Gasteiger partial charge is 0.426 e. The van der Waals surface area contributed by atoms with Gasteiger partial charge in [0, 0.05) is 0 Å². The van der Waals surface area contributed by atoms with E-state index in [1.165, 1.54) is 6.42 Å². The molecule has 0 aromatic rings. The molecule has 13 atom stereocenters. The van der Waals surface area contributed by atoms with Crippen LogP contribution in [0.4, 0.5) is 26.3 Å². The molecule has 0 saturated heterocycles. The van der Waals surface area contributed by atoms with E-state index in [0.29, 0.717) is 47.8 Å². The summed E-state index contributed by atoms with van der Waals surface area (Å²) in [6, 6.07) is 0. The third-order valence-corrected chi connectivity index (χ3v) is 11.4. The molecule has 6 rings (SSSR count). The first-order valence-corrected chi connectivity index (χ1v) is 11.7. The topological polar surface area (TPSA) is 20.2 Å². The van der Waals surface area contributed by atoms with Gasteiger partial charge in [-0.3, -0.25) is 0 Å². The van der Waals surface area contributed by atoms with E-state index in [0.717, 1.165) is 30.6 Å². The Hall–Kier alpha value is -0.460. The molecule has 0 aromatic carbocycles. The molecule has 13 unspecified atom stereocenters. The second-order valence-corrected chi connectivity index (χ2v) is 11.9. The van der Waals surface area contributed by atoms with E-state index >= 15 is 0 Å². The summed E-state index contributed by atoms with van der Waals surface area (Å²) in [7, 11) is 0. The van der Waals surface area contributed by atoms with Crippen LogP contribution in [0.15, 0.2) is 0 Å². The SMILES string of the molecule is CC1C(C)C2CC1C1C3CC(C4C5CC(CC5CC(O)(C(F)(F)F)C(F)(F)F)C34)C21. The van der Waals surface area contributed by atoms with Gasteiger partial charge in [0.1, 0.15) is 0 Å². The van der Waals surface area contributed by atoms with E-state index in [-0.39, 0.29) is 11.8 Å². The Morgan fingerprint density at radius 3 is 1.63 bits per heavy atom. The van der Waals surface area contributed by atoms with Gasteiger partial charge in [0.15, 0.2) is 0 Å². The molecule has 6 saturated carbocycles. The summed E-state index contributed by atoms with van der Waals surface area (Å²) in [5.74, 6) is 5.80. The fourth-order valence-electron chi connectivity index (χ4n) is 10.6. The number of alkyl halides is 6. The lowest BCUT2D eigenvalue weighted by molar-refractivity contribution is -0.373. The molecule has 6 aliphatic rings. The van der Waals surface area contributed by atoms with Crippen LogP contribution in [0, 0.1) is 76.9 Å². The summed E-state index contributed by atoms with van der Waals surface area (Å²) in [4.78, 5) is 0. The zero-order valence-corrected chi connectivity index (χ0v) is 17.3. The number of hydrogen-bond acceptors (Lipinski definition) is 1. The van der Waals surface area contributed by atoms with Crippen molar-refractivity contribution in [2.45, 2.75) is 63.9 Å². The predicted octanol–water partition coefficient (Wildman–Crippen LogP) is 5.92. The summed E-state index contributed by atoms with van der Waals surface area (Å²) in [5, 5.41) is 9.80. The first kappa shape index (κ1) is 20.2. The number of aliphatic hydroxyl groups is 1. The smallest absolute Gasteiger partial charge is 0.374 e. The lowest BCUT2D eigenvalue weighted by Gasteiger charge is -2.50. The molecular formula is C23H30F6O. The molecule has 1 nitrogen and oxygen atoms in total. The van der Waals surface area contributed by atoms with Crippen molar-refractivity contribution in [2.24, 2.45) is 76.9 Å². The highest BCUT2D eigenvalue weighted by Crippen LogP contribution is 2.78. The van der Waals surface area contributed by atoms with Gasteiger partial charge in [0.25, 0.3) is 5.60 Å². The molecule has 1 N–H and O–H groups in total. The van der Waals surface area contributed by atoms with Crippen LogP contribution in [0.5, 0.6) is 0 Å². The van der Waals surface area contributed by atoms with E-state index in [1.54, 1.807) is 0 Å². The molecule has 6 aliphatic carbocycles. The van der Waals surface area contributed by atoms with Crippen molar-refractivity contribution in [1.29, 1.82) is 0 Å². The first-order chi connectivity index (χ1) is 13.8. The third-order valence-electron chi connectivity index (χ3n) is 11.4. The number of rotatable bonds is 2. The zero-order valence-electron chi connectivity index (χ0n) is 17.3. The summed E-state index contributed by atoms with van der Waals surface area (Å²) in [5.41, 5.74) is -4.58. The maximum atomic E-state index is 13.3. The van der Waals surface area contributed by atoms with Gasteiger partial charge >= 0.3 is 12.4 Å². The van der Waals surface area contributed by atoms with Crippen molar-refractivity contribution in [3.05, 3.63) is 0 Å². The molecule has 0 radical (unpaired) electrons. The highest BCUT2D eigenvalue weighted by Gasteiger charge is 2.75. The fourth-order valence-corrected chi connectivity index (χ4v) is 10.6. The minimum atomic E-state index is -5.69. The van der Waals surface area contributed by atoms with E-state index in [1.807, 2.05) is 0 Å². The van der Waals surface area contributed by atoms with E-state index in [4.69, 9.17) is 0 Å². The lowest BCUT2D eigenvalue weighted by Crippen LogP contribution is -2.58. The van der Waals surface area contributed by atoms with Gasteiger partial charge in [0.2, 0.25) is 0 Å². The monoisotopic (exact) mass is 436 g/mol. The second kappa shape index (κ2) is 5.72. The molecular weight excluding hydrogens is 406 g/mol. The minimum Gasteiger partial charge on any atom is -0.374 e. The Morgan fingerprint density at radius 2 is 1.10 bits per heavy atom. The Bertz CT molecular complexity index is 731. The fraction of sp³-hybridized carbons (Fsp3) is 1.00. The van der Waals surface area contributed by atoms with Crippen molar-refractivity contribution < 1.29 is 31.4 Å². The van der Waals surface area contributed by atoms with Crippen molar-refractivity contribution in [2.75, 3.05) is 0 Å². The minimum absolute atomic E-state index is 0.0703.